The summed E-state index contributed by atoms with van der Waals surface area (Å²) in [6.45, 7) is 1.80. The number of thioether (sulfide) groups is 1. The smallest absolute Gasteiger partial charge is 0.404 e. The van der Waals surface area contributed by atoms with Crippen LogP contribution >= 0.6 is 23.4 Å². The van der Waals surface area contributed by atoms with Crippen molar-refractivity contribution < 1.29 is 27.5 Å². The van der Waals surface area contributed by atoms with Gasteiger partial charge in [0.25, 0.3) is 0 Å². The summed E-state index contributed by atoms with van der Waals surface area (Å²) in [7, 11) is 0. The zero-order chi connectivity index (χ0) is 29.4. The molecule has 8 nitrogen and oxygen atoms in total. The van der Waals surface area contributed by atoms with E-state index in [2.05, 4.69) is 25.7 Å². The molecule has 0 aliphatic carbocycles. The van der Waals surface area contributed by atoms with Crippen molar-refractivity contribution in [1.82, 2.24) is 20.6 Å². The lowest BCUT2D eigenvalue weighted by atomic mass is 10.1. The van der Waals surface area contributed by atoms with Crippen LogP contribution in [0.15, 0.2) is 54.9 Å². The lowest BCUT2D eigenvalue weighted by Crippen LogP contribution is -2.28. The Labute approximate surface area is 243 Å². The van der Waals surface area contributed by atoms with E-state index in [1.807, 2.05) is 12.1 Å². The molecule has 0 spiro atoms. The Kier molecular flexibility index (Phi) is 10.2. The fourth-order valence-corrected chi connectivity index (χ4v) is 4.75. The summed E-state index contributed by atoms with van der Waals surface area (Å²) in [5, 5.41) is 11.7. The average Bonchev–Trinajstić information content (AvgIpc) is 2.95. The van der Waals surface area contributed by atoms with E-state index in [9.17, 15) is 22.8 Å². The van der Waals surface area contributed by atoms with E-state index < -0.39 is 12.1 Å². The highest BCUT2D eigenvalue weighted by Crippen LogP contribution is 2.31. The van der Waals surface area contributed by atoms with Gasteiger partial charge in [-0.25, -0.2) is 4.98 Å². The van der Waals surface area contributed by atoms with Crippen molar-refractivity contribution in [3.63, 3.8) is 0 Å². The van der Waals surface area contributed by atoms with E-state index in [0.717, 1.165) is 27.9 Å². The highest BCUT2D eigenvalue weighted by Gasteiger charge is 2.32. The number of carbonyl (C=O) groups is 2. The SMILES string of the molecule is CSC(=O)c1ccc2c(c1)nc(NCCC(=O)NCCCNCc1ccc(OC(F)(F)F)c(Cl)c1)c1ccncc12. The number of anilines is 1. The Hall–Kier alpha value is -3.61. The minimum Gasteiger partial charge on any atom is -0.404 e. The largest absolute Gasteiger partial charge is 0.573 e. The average molecular weight is 606 g/mol. The molecule has 2 heterocycles. The van der Waals surface area contributed by atoms with Crippen LogP contribution in [0.1, 0.15) is 28.8 Å². The number of amides is 1. The fourth-order valence-electron chi connectivity index (χ4n) is 4.15. The first-order chi connectivity index (χ1) is 19.6. The summed E-state index contributed by atoms with van der Waals surface area (Å²) in [5.41, 5.74) is 1.94. The molecule has 0 unspecified atom stereocenters. The monoisotopic (exact) mass is 605 g/mol. The Balaban J connectivity index is 1.22. The molecule has 0 radical (unpaired) electrons. The van der Waals surface area contributed by atoms with Gasteiger partial charge in [-0.05, 0) is 55.1 Å². The van der Waals surface area contributed by atoms with Gasteiger partial charge in [0.2, 0.25) is 11.0 Å². The molecule has 216 valence electrons. The van der Waals surface area contributed by atoms with Crippen molar-refractivity contribution in [2.45, 2.75) is 25.7 Å². The first kappa shape index (κ1) is 30.4. The second-order valence-electron chi connectivity index (χ2n) is 8.97. The molecular weight excluding hydrogens is 579 g/mol. The van der Waals surface area contributed by atoms with Gasteiger partial charge in [0.1, 0.15) is 11.6 Å². The lowest BCUT2D eigenvalue weighted by molar-refractivity contribution is -0.274. The summed E-state index contributed by atoms with van der Waals surface area (Å²) < 4.78 is 40.9. The molecule has 0 aliphatic rings. The summed E-state index contributed by atoms with van der Waals surface area (Å²) in [6.07, 6.45) is 1.26. The van der Waals surface area contributed by atoms with E-state index >= 15 is 0 Å². The molecule has 1 amide bonds. The Bertz CT molecular complexity index is 1550. The van der Waals surface area contributed by atoms with Crippen molar-refractivity contribution >= 4 is 61.9 Å². The number of benzene rings is 2. The number of alkyl halides is 3. The minimum absolute atomic E-state index is 0.0422. The van der Waals surface area contributed by atoms with E-state index in [1.54, 1.807) is 30.8 Å². The number of ether oxygens (including phenoxy) is 1. The zero-order valence-electron chi connectivity index (χ0n) is 22.0. The maximum atomic E-state index is 12.4. The van der Waals surface area contributed by atoms with Crippen molar-refractivity contribution in [3.05, 3.63) is 71.0 Å². The summed E-state index contributed by atoms with van der Waals surface area (Å²) >= 11 is 7.01. The van der Waals surface area contributed by atoms with E-state index in [1.165, 1.54) is 18.2 Å². The third kappa shape index (κ3) is 8.44. The Morgan fingerprint density at radius 3 is 2.61 bits per heavy atom. The molecule has 0 fully saturated rings. The number of pyridine rings is 2. The van der Waals surface area contributed by atoms with Crippen LogP contribution in [-0.4, -0.2) is 53.2 Å². The predicted octanol–water partition coefficient (Wildman–Crippen LogP) is 5.94. The van der Waals surface area contributed by atoms with Crippen LogP contribution in [0.3, 0.4) is 0 Å². The highest BCUT2D eigenvalue weighted by molar-refractivity contribution is 8.13. The molecule has 0 aliphatic heterocycles. The minimum atomic E-state index is -4.80. The molecule has 2 aromatic heterocycles. The topological polar surface area (TPSA) is 105 Å². The van der Waals surface area contributed by atoms with Gasteiger partial charge >= 0.3 is 6.36 Å². The van der Waals surface area contributed by atoms with E-state index in [0.29, 0.717) is 55.1 Å². The maximum Gasteiger partial charge on any atom is 0.573 e. The third-order valence-electron chi connectivity index (χ3n) is 6.07. The fraction of sp³-hybridized carbons (Fsp3) is 0.286. The second-order valence-corrected chi connectivity index (χ2v) is 10.2. The number of nitrogens with zero attached hydrogens (tertiary/aromatic N) is 2. The maximum absolute atomic E-state index is 12.4. The predicted molar refractivity (Wildman–Crippen MR) is 155 cm³/mol. The lowest BCUT2D eigenvalue weighted by Gasteiger charge is -2.12. The highest BCUT2D eigenvalue weighted by atomic mass is 35.5. The summed E-state index contributed by atoms with van der Waals surface area (Å²) in [4.78, 5) is 33.4. The van der Waals surface area contributed by atoms with Gasteiger partial charge in [-0.2, -0.15) is 0 Å². The summed E-state index contributed by atoms with van der Waals surface area (Å²) in [6, 6.07) is 11.4. The molecular formula is C28H27ClF3N5O3S. The van der Waals surface area contributed by atoms with Gasteiger partial charge in [-0.1, -0.05) is 35.5 Å². The number of hydrogen-bond donors (Lipinski definition) is 3. The number of rotatable bonds is 12. The Morgan fingerprint density at radius 2 is 1.85 bits per heavy atom. The van der Waals surface area contributed by atoms with Crippen LogP contribution in [0.25, 0.3) is 21.7 Å². The van der Waals surface area contributed by atoms with Crippen LogP contribution in [0.4, 0.5) is 19.0 Å². The van der Waals surface area contributed by atoms with Crippen LogP contribution < -0.4 is 20.7 Å². The van der Waals surface area contributed by atoms with Crippen molar-refractivity contribution in [3.8, 4) is 5.75 Å². The number of halogens is 4. The molecule has 13 heteroatoms. The standard InChI is InChI=1S/C28H27ClF3N5O3S/c1-41-27(39)18-4-5-19-21-16-34-11-7-20(21)26(37-23(19)14-18)36-12-8-25(38)35-10-2-9-33-15-17-3-6-24(22(29)13-17)40-28(30,31)32/h3-7,11,13-14,16,33H,2,8-10,12,15H2,1H3,(H,35,38)(H,36,37). The molecule has 4 aromatic rings. The number of hydrogen-bond acceptors (Lipinski definition) is 8. The Morgan fingerprint density at radius 1 is 1.02 bits per heavy atom. The number of aromatic nitrogens is 2. The number of fused-ring (bicyclic) bond motifs is 3. The zero-order valence-corrected chi connectivity index (χ0v) is 23.6. The van der Waals surface area contributed by atoms with Crippen molar-refractivity contribution in [2.75, 3.05) is 31.2 Å². The van der Waals surface area contributed by atoms with E-state index in [4.69, 9.17) is 16.6 Å². The van der Waals surface area contributed by atoms with Crippen LogP contribution in [-0.2, 0) is 11.3 Å². The van der Waals surface area contributed by atoms with Crippen LogP contribution in [0, 0.1) is 0 Å². The van der Waals surface area contributed by atoms with Gasteiger partial charge in [-0.3, -0.25) is 14.6 Å². The molecule has 41 heavy (non-hydrogen) atoms. The van der Waals surface area contributed by atoms with Crippen LogP contribution in [0.5, 0.6) is 5.75 Å². The normalized spacial score (nSPS) is 11.5. The van der Waals surface area contributed by atoms with Gasteiger partial charge < -0.3 is 20.7 Å². The van der Waals surface area contributed by atoms with Crippen LogP contribution in [0.2, 0.25) is 5.02 Å². The second kappa shape index (κ2) is 13.8. The van der Waals surface area contributed by atoms with Crippen molar-refractivity contribution in [1.29, 1.82) is 0 Å². The molecule has 0 bridgehead atoms. The molecule has 3 N–H and O–H groups in total. The molecule has 2 aromatic carbocycles. The van der Waals surface area contributed by atoms with Gasteiger partial charge in [0.15, 0.2) is 0 Å². The number of nitrogens with one attached hydrogen (secondary N) is 3. The van der Waals surface area contributed by atoms with Gasteiger partial charge in [0, 0.05) is 60.2 Å². The first-order valence-electron chi connectivity index (χ1n) is 12.7. The van der Waals surface area contributed by atoms with E-state index in [-0.39, 0.29) is 22.5 Å². The first-order valence-corrected chi connectivity index (χ1v) is 14.3. The molecule has 0 saturated heterocycles. The van der Waals surface area contributed by atoms with Crippen molar-refractivity contribution in [2.24, 2.45) is 0 Å². The molecule has 0 saturated carbocycles. The summed E-state index contributed by atoms with van der Waals surface area (Å²) in [5.74, 6) is 0.0430. The third-order valence-corrected chi connectivity index (χ3v) is 6.97. The quantitative estimate of drug-likeness (QED) is 0.135. The molecule has 4 rings (SSSR count). The van der Waals surface area contributed by atoms with Gasteiger partial charge in [0.05, 0.1) is 10.5 Å². The van der Waals surface area contributed by atoms with Gasteiger partial charge in [-0.15, -0.1) is 13.2 Å². The molecule has 0 atom stereocenters. The number of carbonyl (C=O) groups excluding carboxylic acids is 2.